The fourth-order valence-corrected chi connectivity index (χ4v) is 3.01. The van der Waals surface area contributed by atoms with Crippen LogP contribution in [0, 0.1) is 0 Å². The first-order valence-corrected chi connectivity index (χ1v) is 7.56. The summed E-state index contributed by atoms with van der Waals surface area (Å²) < 4.78 is 0. The molecule has 2 amide bonds. The minimum absolute atomic E-state index is 0.0883. The molecular weight excluding hydrogens is 258 g/mol. The van der Waals surface area contributed by atoms with Gasteiger partial charge in [-0.15, -0.1) is 0 Å². The van der Waals surface area contributed by atoms with E-state index in [1.165, 1.54) is 0 Å². The first kappa shape index (κ1) is 15.1. The Kier molecular flexibility index (Phi) is 5.23. The Morgan fingerprint density at radius 1 is 0.950 bits per heavy atom. The number of hydrogen-bond acceptors (Lipinski definition) is 3. The Hall–Kier alpha value is -1.30. The number of urea groups is 1. The zero-order chi connectivity index (χ0) is 14.5. The van der Waals surface area contributed by atoms with E-state index in [1.54, 1.807) is 4.90 Å². The van der Waals surface area contributed by atoms with Crippen LogP contribution in [-0.4, -0.2) is 77.6 Å². The van der Waals surface area contributed by atoms with Gasteiger partial charge < -0.3 is 19.8 Å². The lowest BCUT2D eigenvalue weighted by atomic mass is 10.1. The minimum atomic E-state index is -0.868. The molecule has 1 N–H and O–H groups in total. The van der Waals surface area contributed by atoms with Gasteiger partial charge in [-0.2, -0.15) is 0 Å². The average molecular weight is 283 g/mol. The molecule has 0 aromatic carbocycles. The van der Waals surface area contributed by atoms with E-state index >= 15 is 0 Å². The summed E-state index contributed by atoms with van der Waals surface area (Å²) in [6, 6.07) is -0.736. The van der Waals surface area contributed by atoms with Crippen LogP contribution in [0.15, 0.2) is 0 Å². The van der Waals surface area contributed by atoms with Crippen molar-refractivity contribution in [3.05, 3.63) is 0 Å². The van der Waals surface area contributed by atoms with E-state index in [-0.39, 0.29) is 6.03 Å². The van der Waals surface area contributed by atoms with E-state index in [0.717, 1.165) is 45.3 Å². The SMILES string of the molecule is CN1CCCN(C(=O)N2CCCCCC2C(=O)O)CC1. The van der Waals surface area contributed by atoms with Crippen LogP contribution in [0.5, 0.6) is 0 Å². The zero-order valence-corrected chi connectivity index (χ0v) is 12.3. The zero-order valence-electron chi connectivity index (χ0n) is 12.3. The Labute approximate surface area is 120 Å². The molecule has 0 aliphatic carbocycles. The summed E-state index contributed by atoms with van der Waals surface area (Å²) >= 11 is 0. The Bertz CT molecular complexity index is 362. The van der Waals surface area contributed by atoms with Crippen molar-refractivity contribution in [2.45, 2.75) is 38.1 Å². The van der Waals surface area contributed by atoms with Crippen molar-refractivity contribution in [2.75, 3.05) is 39.8 Å². The molecule has 0 bridgehead atoms. The van der Waals surface area contributed by atoms with Crippen molar-refractivity contribution in [3.8, 4) is 0 Å². The van der Waals surface area contributed by atoms with Gasteiger partial charge in [0.2, 0.25) is 0 Å². The second-order valence-corrected chi connectivity index (χ2v) is 5.82. The van der Waals surface area contributed by atoms with E-state index < -0.39 is 12.0 Å². The number of carbonyl (C=O) groups excluding carboxylic acids is 1. The highest BCUT2D eigenvalue weighted by atomic mass is 16.4. The third-order valence-corrected chi connectivity index (χ3v) is 4.27. The molecule has 0 spiro atoms. The van der Waals surface area contributed by atoms with Gasteiger partial charge >= 0.3 is 12.0 Å². The van der Waals surface area contributed by atoms with Gasteiger partial charge in [0.1, 0.15) is 6.04 Å². The van der Waals surface area contributed by atoms with E-state index in [0.29, 0.717) is 19.5 Å². The molecule has 2 fully saturated rings. The van der Waals surface area contributed by atoms with Gasteiger partial charge in [0.25, 0.3) is 0 Å². The molecule has 2 aliphatic heterocycles. The molecule has 1 atom stereocenters. The number of hydrogen-bond donors (Lipinski definition) is 1. The smallest absolute Gasteiger partial charge is 0.326 e. The largest absolute Gasteiger partial charge is 0.480 e. The summed E-state index contributed by atoms with van der Waals surface area (Å²) in [6.07, 6.45) is 4.34. The van der Waals surface area contributed by atoms with Crippen LogP contribution < -0.4 is 0 Å². The molecule has 6 heteroatoms. The molecule has 2 saturated heterocycles. The molecule has 114 valence electrons. The van der Waals surface area contributed by atoms with Gasteiger partial charge in [0.05, 0.1) is 0 Å². The minimum Gasteiger partial charge on any atom is -0.480 e. The number of carboxylic acid groups (broad SMARTS) is 1. The second kappa shape index (κ2) is 6.92. The van der Waals surface area contributed by atoms with Crippen LogP contribution in [0.1, 0.15) is 32.1 Å². The van der Waals surface area contributed by atoms with Crippen molar-refractivity contribution >= 4 is 12.0 Å². The normalized spacial score (nSPS) is 25.9. The maximum atomic E-state index is 12.7. The van der Waals surface area contributed by atoms with Crippen molar-refractivity contribution in [2.24, 2.45) is 0 Å². The monoisotopic (exact) mass is 283 g/mol. The fourth-order valence-electron chi connectivity index (χ4n) is 3.01. The van der Waals surface area contributed by atoms with Crippen molar-refractivity contribution < 1.29 is 14.7 Å². The number of carbonyl (C=O) groups is 2. The standard InChI is InChI=1S/C14H25N3O3/c1-15-7-5-8-16(11-10-15)14(20)17-9-4-2-3-6-12(17)13(18)19/h12H,2-11H2,1H3,(H,18,19). The van der Waals surface area contributed by atoms with Crippen LogP contribution in [-0.2, 0) is 4.79 Å². The third-order valence-electron chi connectivity index (χ3n) is 4.27. The second-order valence-electron chi connectivity index (χ2n) is 5.82. The highest BCUT2D eigenvalue weighted by molar-refractivity contribution is 5.82. The Morgan fingerprint density at radius 3 is 2.50 bits per heavy atom. The number of amides is 2. The number of carboxylic acids is 1. The summed E-state index contributed by atoms with van der Waals surface area (Å²) in [6.45, 7) is 3.84. The van der Waals surface area contributed by atoms with Crippen molar-refractivity contribution in [3.63, 3.8) is 0 Å². The van der Waals surface area contributed by atoms with Gasteiger partial charge in [0, 0.05) is 26.2 Å². The van der Waals surface area contributed by atoms with Gasteiger partial charge in [-0.1, -0.05) is 12.8 Å². The maximum absolute atomic E-state index is 12.7. The van der Waals surface area contributed by atoms with Gasteiger partial charge in [0.15, 0.2) is 0 Å². The van der Waals surface area contributed by atoms with E-state index in [2.05, 4.69) is 11.9 Å². The summed E-state index contributed by atoms with van der Waals surface area (Å²) in [7, 11) is 2.06. The number of aliphatic carboxylic acids is 1. The number of likely N-dealkylation sites (N-methyl/N-ethyl adjacent to an activating group) is 1. The predicted octanol–water partition coefficient (Wildman–Crippen LogP) is 1.07. The first-order chi connectivity index (χ1) is 9.59. The quantitative estimate of drug-likeness (QED) is 0.782. The lowest BCUT2D eigenvalue weighted by Crippen LogP contribution is -2.51. The van der Waals surface area contributed by atoms with Crippen LogP contribution in [0.2, 0.25) is 0 Å². The maximum Gasteiger partial charge on any atom is 0.326 e. The lowest BCUT2D eigenvalue weighted by Gasteiger charge is -2.32. The van der Waals surface area contributed by atoms with Crippen molar-refractivity contribution in [1.82, 2.24) is 14.7 Å². The highest BCUT2D eigenvalue weighted by Crippen LogP contribution is 2.19. The Morgan fingerprint density at radius 2 is 1.75 bits per heavy atom. The molecule has 20 heavy (non-hydrogen) atoms. The lowest BCUT2D eigenvalue weighted by molar-refractivity contribution is -0.142. The summed E-state index contributed by atoms with van der Waals surface area (Å²) in [5.74, 6) is -0.868. The molecule has 0 aromatic heterocycles. The number of nitrogens with zero attached hydrogens (tertiary/aromatic N) is 3. The topological polar surface area (TPSA) is 64.1 Å². The first-order valence-electron chi connectivity index (χ1n) is 7.56. The highest BCUT2D eigenvalue weighted by Gasteiger charge is 2.33. The molecule has 2 rings (SSSR count). The molecular formula is C14H25N3O3. The van der Waals surface area contributed by atoms with Gasteiger partial charge in [-0.25, -0.2) is 9.59 Å². The van der Waals surface area contributed by atoms with Crippen LogP contribution in [0.25, 0.3) is 0 Å². The molecule has 1 unspecified atom stereocenters. The summed E-state index contributed by atoms with van der Waals surface area (Å²) in [5, 5.41) is 9.36. The molecule has 0 aromatic rings. The summed E-state index contributed by atoms with van der Waals surface area (Å²) in [4.78, 5) is 29.7. The van der Waals surface area contributed by atoms with Gasteiger partial charge in [-0.3, -0.25) is 0 Å². The van der Waals surface area contributed by atoms with Crippen LogP contribution >= 0.6 is 0 Å². The molecule has 6 nitrogen and oxygen atoms in total. The third kappa shape index (κ3) is 3.62. The van der Waals surface area contributed by atoms with E-state index in [1.807, 2.05) is 4.90 Å². The average Bonchev–Trinajstić information content (AvgIpc) is 2.78. The number of rotatable bonds is 1. The number of likely N-dealkylation sites (tertiary alicyclic amines) is 1. The van der Waals surface area contributed by atoms with E-state index in [9.17, 15) is 14.7 Å². The molecule has 2 aliphatic rings. The van der Waals surface area contributed by atoms with Crippen LogP contribution in [0.4, 0.5) is 4.79 Å². The molecule has 0 saturated carbocycles. The molecule has 2 heterocycles. The van der Waals surface area contributed by atoms with Gasteiger partial charge in [-0.05, 0) is 32.9 Å². The van der Waals surface area contributed by atoms with Crippen LogP contribution in [0.3, 0.4) is 0 Å². The summed E-state index contributed by atoms with van der Waals surface area (Å²) in [5.41, 5.74) is 0. The fraction of sp³-hybridized carbons (Fsp3) is 0.857. The molecule has 0 radical (unpaired) electrons. The van der Waals surface area contributed by atoms with E-state index in [4.69, 9.17) is 0 Å². The predicted molar refractivity (Wildman–Crippen MR) is 75.7 cm³/mol. The van der Waals surface area contributed by atoms with Crippen molar-refractivity contribution in [1.29, 1.82) is 0 Å². The Balaban J connectivity index is 2.05.